The summed E-state index contributed by atoms with van der Waals surface area (Å²) in [7, 11) is -9.93. The van der Waals surface area contributed by atoms with E-state index >= 15 is 0 Å². The molecule has 0 rings (SSSR count). The summed E-state index contributed by atoms with van der Waals surface area (Å²) in [6, 6.07) is 0. The van der Waals surface area contributed by atoms with Gasteiger partial charge in [0.1, 0.15) is 0 Å². The van der Waals surface area contributed by atoms with Crippen molar-refractivity contribution in [2.45, 2.75) is 271 Å². The van der Waals surface area contributed by atoms with Crippen LogP contribution in [0.25, 0.3) is 0 Å². The van der Waals surface area contributed by atoms with Crippen molar-refractivity contribution in [1.82, 2.24) is 0 Å². The van der Waals surface area contributed by atoms with Crippen LogP contribution in [0.1, 0.15) is 271 Å². The molecular formula is C70H116O7P2. The van der Waals surface area contributed by atoms with Crippen molar-refractivity contribution in [2.75, 3.05) is 6.61 Å². The van der Waals surface area contributed by atoms with E-state index in [4.69, 9.17) is 9.79 Å². The standard InChI is InChI=1S/C70H116O7P2/c1-57(2)29-16-30-58(3)31-17-32-59(4)33-18-34-60(5)35-19-36-61(6)37-20-38-62(7)39-21-40-63(8)41-22-42-64(9)43-23-44-65(10)45-24-46-66(11)47-25-48-67(12)49-26-50-68(13)51-27-52-69(14)53-28-54-70(15)55-56-76-79(74,75)77-78(71,72)73/h29,31,33,35,37,39,41,43,45,47,49,51,53,55H,16-28,30,32,34,36,38,40,42,44,46,48,50,52,54,56H2,1-15H3,(H,74,75)(H2,71,72,73)/b58-31+,59-33+,60-35-,61-37-,62-39-,63-41-,64-43-,65-45-,66-47-,67-49-,68-51-,69-53-,70-55-. The summed E-state index contributed by atoms with van der Waals surface area (Å²) in [5.41, 5.74) is 20.2. The second kappa shape index (κ2) is 46.1. The van der Waals surface area contributed by atoms with Crippen molar-refractivity contribution in [2.24, 2.45) is 0 Å². The van der Waals surface area contributed by atoms with Crippen LogP contribution in [-0.4, -0.2) is 21.3 Å². The Morgan fingerprint density at radius 2 is 0.418 bits per heavy atom. The van der Waals surface area contributed by atoms with Crippen LogP contribution in [0.15, 0.2) is 163 Å². The van der Waals surface area contributed by atoms with Crippen LogP contribution in [0, 0.1) is 0 Å². The minimum absolute atomic E-state index is 0.275. The summed E-state index contributed by atoms with van der Waals surface area (Å²) < 4.78 is 30.7. The molecule has 0 bridgehead atoms. The molecule has 0 aliphatic carbocycles. The average molecular weight is 1130 g/mol. The first-order valence-corrected chi connectivity index (χ1v) is 33.2. The molecule has 0 aliphatic rings. The molecule has 3 N–H and O–H groups in total. The van der Waals surface area contributed by atoms with Crippen molar-refractivity contribution in [3.63, 3.8) is 0 Å². The highest BCUT2D eigenvalue weighted by molar-refractivity contribution is 7.60. The van der Waals surface area contributed by atoms with Gasteiger partial charge in [-0.1, -0.05) is 163 Å². The normalized spacial score (nSPS) is 15.8. The smallest absolute Gasteiger partial charge is 0.302 e. The number of rotatable bonds is 44. The maximum atomic E-state index is 11.5. The van der Waals surface area contributed by atoms with Crippen LogP contribution in [0.4, 0.5) is 0 Å². The lowest BCUT2D eigenvalue weighted by Crippen LogP contribution is -1.94. The quantitative estimate of drug-likeness (QED) is 0.0411. The Kier molecular flexibility index (Phi) is 44.2. The predicted octanol–water partition coefficient (Wildman–Crippen LogP) is 23.6. The van der Waals surface area contributed by atoms with Crippen molar-refractivity contribution < 1.29 is 32.6 Å². The first-order chi connectivity index (χ1) is 37.2. The third-order valence-corrected chi connectivity index (χ3v) is 16.5. The Labute approximate surface area is 486 Å². The summed E-state index contributed by atoms with van der Waals surface area (Å²) in [5.74, 6) is 0. The lowest BCUT2D eigenvalue weighted by atomic mass is 10.0. The first kappa shape index (κ1) is 75.6. The van der Waals surface area contributed by atoms with E-state index in [1.807, 2.05) is 6.92 Å². The molecule has 79 heavy (non-hydrogen) atoms. The van der Waals surface area contributed by atoms with Gasteiger partial charge in [-0.15, -0.1) is 0 Å². The molecule has 0 aromatic carbocycles. The van der Waals surface area contributed by atoms with Gasteiger partial charge in [-0.25, -0.2) is 9.13 Å². The number of hydrogen-bond acceptors (Lipinski definition) is 4. The summed E-state index contributed by atoms with van der Waals surface area (Å²) in [5, 5.41) is 0. The number of phosphoric ester groups is 1. The van der Waals surface area contributed by atoms with Crippen LogP contribution in [-0.2, 0) is 18.0 Å². The number of phosphoric acid groups is 2. The molecule has 1 atom stereocenters. The highest BCUT2D eigenvalue weighted by Crippen LogP contribution is 2.57. The largest absolute Gasteiger partial charge is 0.481 e. The zero-order chi connectivity index (χ0) is 59.5. The van der Waals surface area contributed by atoms with E-state index in [0.29, 0.717) is 0 Å². The monoisotopic (exact) mass is 1130 g/mol. The number of allylic oxidation sites excluding steroid dienone is 27. The van der Waals surface area contributed by atoms with Crippen molar-refractivity contribution in [1.29, 1.82) is 0 Å². The van der Waals surface area contributed by atoms with Gasteiger partial charge in [0.15, 0.2) is 0 Å². The molecule has 0 aliphatic heterocycles. The third kappa shape index (κ3) is 51.3. The zero-order valence-corrected chi connectivity index (χ0v) is 54.8. The molecule has 448 valence electrons. The lowest BCUT2D eigenvalue weighted by molar-refractivity contribution is 0.191. The fourth-order valence-corrected chi connectivity index (χ4v) is 10.4. The van der Waals surface area contributed by atoms with Crippen LogP contribution in [0.2, 0.25) is 0 Å². The zero-order valence-electron chi connectivity index (χ0n) is 53.0. The van der Waals surface area contributed by atoms with Crippen molar-refractivity contribution in [3.8, 4) is 0 Å². The summed E-state index contributed by atoms with van der Waals surface area (Å²) >= 11 is 0. The van der Waals surface area contributed by atoms with Crippen LogP contribution < -0.4 is 0 Å². The van der Waals surface area contributed by atoms with Crippen LogP contribution >= 0.6 is 15.6 Å². The van der Waals surface area contributed by atoms with Crippen LogP contribution in [0.5, 0.6) is 0 Å². The SMILES string of the molecule is CC(C)=CCC/C(C)=C/CC/C(C)=C/CC/C(C)=C\CC/C(C)=C\CC/C(C)=C\CC/C(C)=C\CC/C(C)=C\CC/C(C)=C\CC/C(C)=C\CC/C(C)=C\CC/C(C)=C\CC/C(C)=C\CC/C(C)=C\COP(=O)(O)OP(=O)(O)O. The Hall–Kier alpha value is -3.38. The molecule has 0 aromatic heterocycles. The van der Waals surface area contributed by atoms with E-state index in [2.05, 4.69) is 185 Å². The fraction of sp³-hybridized carbons (Fsp3) is 0.600. The van der Waals surface area contributed by atoms with Gasteiger partial charge in [0.05, 0.1) is 6.61 Å². The van der Waals surface area contributed by atoms with Gasteiger partial charge in [-0.2, -0.15) is 4.31 Å². The maximum Gasteiger partial charge on any atom is 0.481 e. The predicted molar refractivity (Wildman–Crippen MR) is 347 cm³/mol. The number of hydrogen-bond donors (Lipinski definition) is 3. The summed E-state index contributed by atoms with van der Waals surface area (Å²) in [6.45, 7) is 33.2. The molecule has 0 heterocycles. The van der Waals surface area contributed by atoms with Crippen LogP contribution in [0.3, 0.4) is 0 Å². The molecule has 0 saturated carbocycles. The molecule has 0 radical (unpaired) electrons. The van der Waals surface area contributed by atoms with E-state index in [1.165, 1.54) is 91.7 Å². The molecule has 0 fully saturated rings. The Balaban J connectivity index is 4.34. The van der Waals surface area contributed by atoms with E-state index in [1.54, 1.807) is 6.08 Å². The van der Waals surface area contributed by atoms with Gasteiger partial charge < -0.3 is 14.7 Å². The minimum atomic E-state index is -5.11. The average Bonchev–Trinajstić information content (AvgIpc) is 3.33. The van der Waals surface area contributed by atoms with Crippen molar-refractivity contribution in [3.05, 3.63) is 163 Å². The Morgan fingerprint density at radius 1 is 0.266 bits per heavy atom. The highest BCUT2D eigenvalue weighted by Gasteiger charge is 2.31. The Bertz CT molecular complexity index is 2300. The summed E-state index contributed by atoms with van der Waals surface area (Å²) in [6.07, 6.45) is 61.6. The second-order valence-electron chi connectivity index (χ2n) is 23.3. The van der Waals surface area contributed by atoms with Gasteiger partial charge in [0.25, 0.3) is 0 Å². The fourth-order valence-electron chi connectivity index (χ4n) is 8.90. The van der Waals surface area contributed by atoms with Gasteiger partial charge in [0, 0.05) is 0 Å². The molecule has 0 amide bonds. The van der Waals surface area contributed by atoms with Crippen molar-refractivity contribution >= 4 is 15.6 Å². The molecule has 0 saturated heterocycles. The molecular weight excluding hydrogens is 1010 g/mol. The maximum absolute atomic E-state index is 11.5. The van der Waals surface area contributed by atoms with Gasteiger partial charge in [-0.3, -0.25) is 4.52 Å². The van der Waals surface area contributed by atoms with E-state index in [0.717, 1.165) is 153 Å². The molecule has 1 unspecified atom stereocenters. The third-order valence-electron chi connectivity index (χ3n) is 14.3. The Morgan fingerprint density at radius 3 is 0.570 bits per heavy atom. The molecule has 0 aromatic rings. The topological polar surface area (TPSA) is 113 Å². The van der Waals surface area contributed by atoms with E-state index in [9.17, 15) is 14.0 Å². The summed E-state index contributed by atoms with van der Waals surface area (Å²) in [4.78, 5) is 26.7. The first-order valence-electron chi connectivity index (χ1n) is 30.2. The van der Waals surface area contributed by atoms with Gasteiger partial charge in [-0.05, 0) is 271 Å². The molecule has 0 spiro atoms. The lowest BCUT2D eigenvalue weighted by Gasteiger charge is -2.11. The van der Waals surface area contributed by atoms with Gasteiger partial charge >= 0.3 is 15.6 Å². The van der Waals surface area contributed by atoms with E-state index in [-0.39, 0.29) is 6.61 Å². The second-order valence-corrected chi connectivity index (χ2v) is 26.1. The molecule has 7 nitrogen and oxygen atoms in total. The van der Waals surface area contributed by atoms with E-state index < -0.39 is 15.6 Å². The minimum Gasteiger partial charge on any atom is -0.302 e. The van der Waals surface area contributed by atoms with Gasteiger partial charge in [0.2, 0.25) is 0 Å². The highest BCUT2D eigenvalue weighted by atomic mass is 31.3. The molecule has 9 heteroatoms.